The summed E-state index contributed by atoms with van der Waals surface area (Å²) < 4.78 is 15.9. The molecular weight excluding hydrogens is 366 g/mol. The van der Waals surface area contributed by atoms with E-state index < -0.39 is 0 Å². The Hall–Kier alpha value is -2.82. The minimum absolute atomic E-state index is 0.236. The molecule has 4 rings (SSSR count). The number of hydrogen-bond donors (Lipinski definition) is 0. The van der Waals surface area contributed by atoms with Gasteiger partial charge in [0.15, 0.2) is 11.5 Å². The Bertz CT molecular complexity index is 933. The van der Waals surface area contributed by atoms with Crippen LogP contribution >= 0.6 is 0 Å². The van der Waals surface area contributed by atoms with Crippen molar-refractivity contribution in [1.82, 2.24) is 0 Å². The second-order valence-electron chi connectivity index (χ2n) is 7.68. The fourth-order valence-electron chi connectivity index (χ4n) is 4.52. The van der Waals surface area contributed by atoms with Crippen molar-refractivity contribution in [3.63, 3.8) is 0 Å². The monoisotopic (exact) mass is 393 g/mol. The molecular formula is C24H27NO4. The molecule has 0 radical (unpaired) electrons. The maximum Gasteiger partial charge on any atom is 0.309 e. The van der Waals surface area contributed by atoms with E-state index in [4.69, 9.17) is 19.2 Å². The molecule has 2 aromatic rings. The van der Waals surface area contributed by atoms with Gasteiger partial charge in [0.1, 0.15) is 0 Å². The molecule has 5 heteroatoms. The van der Waals surface area contributed by atoms with Crippen LogP contribution in [0.15, 0.2) is 41.4 Å². The van der Waals surface area contributed by atoms with Gasteiger partial charge in [-0.3, -0.25) is 9.79 Å². The lowest BCUT2D eigenvalue weighted by molar-refractivity contribution is -0.139. The highest BCUT2D eigenvalue weighted by molar-refractivity contribution is 6.15. The molecule has 1 aliphatic carbocycles. The SMILES string of the molecule is COC(=O)Cc1ccc(C2=N[C@H]3CCCC[C@H]3c3cc(OC)c(OC)cc32)cc1. The average Bonchev–Trinajstić information content (AvgIpc) is 2.78. The summed E-state index contributed by atoms with van der Waals surface area (Å²) in [5.74, 6) is 1.68. The zero-order valence-corrected chi connectivity index (χ0v) is 17.2. The largest absolute Gasteiger partial charge is 0.493 e. The molecule has 2 aliphatic rings. The van der Waals surface area contributed by atoms with Crippen LogP contribution in [0.1, 0.15) is 53.9 Å². The van der Waals surface area contributed by atoms with E-state index in [1.807, 2.05) is 24.3 Å². The molecule has 1 heterocycles. The quantitative estimate of drug-likeness (QED) is 0.711. The molecule has 0 N–H and O–H groups in total. The van der Waals surface area contributed by atoms with Crippen LogP contribution < -0.4 is 9.47 Å². The van der Waals surface area contributed by atoms with E-state index in [2.05, 4.69) is 12.1 Å². The number of hydrogen-bond acceptors (Lipinski definition) is 5. The minimum Gasteiger partial charge on any atom is -0.493 e. The first kappa shape index (κ1) is 19.5. The Morgan fingerprint density at radius 2 is 1.69 bits per heavy atom. The molecule has 5 nitrogen and oxygen atoms in total. The number of carbonyl (C=O) groups is 1. The van der Waals surface area contributed by atoms with E-state index in [1.54, 1.807) is 14.2 Å². The lowest BCUT2D eigenvalue weighted by Gasteiger charge is -2.35. The first-order valence-electron chi connectivity index (χ1n) is 10.1. The van der Waals surface area contributed by atoms with Crippen LogP contribution in [-0.4, -0.2) is 39.1 Å². The Kier molecular flexibility index (Phi) is 5.56. The summed E-state index contributed by atoms with van der Waals surface area (Å²) in [7, 11) is 4.75. The van der Waals surface area contributed by atoms with Gasteiger partial charge in [0, 0.05) is 17.0 Å². The maximum atomic E-state index is 11.5. The van der Waals surface area contributed by atoms with Gasteiger partial charge >= 0.3 is 5.97 Å². The molecule has 0 amide bonds. The number of carbonyl (C=O) groups excluding carboxylic acids is 1. The van der Waals surface area contributed by atoms with Crippen LogP contribution in [0.4, 0.5) is 0 Å². The molecule has 1 saturated carbocycles. The minimum atomic E-state index is -0.236. The van der Waals surface area contributed by atoms with Gasteiger partial charge in [-0.1, -0.05) is 37.1 Å². The lowest BCUT2D eigenvalue weighted by atomic mass is 9.75. The normalized spacial score (nSPS) is 20.2. The van der Waals surface area contributed by atoms with Crippen LogP contribution in [0.5, 0.6) is 11.5 Å². The molecule has 152 valence electrons. The van der Waals surface area contributed by atoms with Crippen molar-refractivity contribution in [2.45, 2.75) is 44.1 Å². The summed E-state index contributed by atoms with van der Waals surface area (Å²) in [6.07, 6.45) is 5.00. The number of nitrogens with zero attached hydrogens (tertiary/aromatic N) is 1. The third kappa shape index (κ3) is 3.74. The van der Waals surface area contributed by atoms with Crippen LogP contribution in [0.25, 0.3) is 0 Å². The summed E-state index contributed by atoms with van der Waals surface area (Å²) in [5, 5.41) is 0. The van der Waals surface area contributed by atoms with Crippen molar-refractivity contribution in [2.75, 3.05) is 21.3 Å². The van der Waals surface area contributed by atoms with Gasteiger partial charge in [0.05, 0.1) is 39.5 Å². The van der Waals surface area contributed by atoms with E-state index >= 15 is 0 Å². The molecule has 0 aromatic heterocycles. The summed E-state index contributed by atoms with van der Waals surface area (Å²) >= 11 is 0. The molecule has 0 unspecified atom stereocenters. The summed E-state index contributed by atoms with van der Waals surface area (Å²) in [4.78, 5) is 16.7. The predicted molar refractivity (Wildman–Crippen MR) is 112 cm³/mol. The first-order chi connectivity index (χ1) is 14.1. The van der Waals surface area contributed by atoms with Gasteiger partial charge in [-0.25, -0.2) is 0 Å². The Morgan fingerprint density at radius 3 is 2.38 bits per heavy atom. The second kappa shape index (κ2) is 8.27. The number of rotatable bonds is 5. The molecule has 1 aliphatic heterocycles. The second-order valence-corrected chi connectivity index (χ2v) is 7.68. The van der Waals surface area contributed by atoms with Crippen molar-refractivity contribution in [3.8, 4) is 11.5 Å². The summed E-state index contributed by atoms with van der Waals surface area (Å²) in [6.45, 7) is 0. The van der Waals surface area contributed by atoms with E-state index in [0.29, 0.717) is 12.0 Å². The van der Waals surface area contributed by atoms with Crippen molar-refractivity contribution in [1.29, 1.82) is 0 Å². The standard InChI is InChI=1S/C24H27NO4/c1-27-21-13-18-17-6-4-5-7-20(17)25-24(19(18)14-22(21)28-2)16-10-8-15(9-11-16)12-23(26)29-3/h8-11,13-14,17,20H,4-7,12H2,1-3H3/t17-,20-/m0/s1. The first-order valence-corrected chi connectivity index (χ1v) is 10.1. The van der Waals surface area contributed by atoms with Crippen molar-refractivity contribution < 1.29 is 19.0 Å². The predicted octanol–water partition coefficient (Wildman–Crippen LogP) is 4.30. The number of aliphatic imine (C=N–C) groups is 1. The third-order valence-corrected chi connectivity index (χ3v) is 6.04. The van der Waals surface area contributed by atoms with Crippen LogP contribution in [-0.2, 0) is 16.0 Å². The molecule has 29 heavy (non-hydrogen) atoms. The Morgan fingerprint density at radius 1 is 1.00 bits per heavy atom. The van der Waals surface area contributed by atoms with Gasteiger partial charge in [-0.15, -0.1) is 0 Å². The third-order valence-electron chi connectivity index (χ3n) is 6.04. The maximum absolute atomic E-state index is 11.5. The highest BCUT2D eigenvalue weighted by Gasteiger charge is 2.34. The van der Waals surface area contributed by atoms with Crippen LogP contribution in [0.3, 0.4) is 0 Å². The molecule has 0 bridgehead atoms. The van der Waals surface area contributed by atoms with Gasteiger partial charge < -0.3 is 14.2 Å². The number of esters is 1. The average molecular weight is 393 g/mol. The molecule has 2 atom stereocenters. The number of methoxy groups -OCH3 is 3. The van der Waals surface area contributed by atoms with E-state index in [0.717, 1.165) is 46.7 Å². The lowest BCUT2D eigenvalue weighted by Crippen LogP contribution is -2.29. The van der Waals surface area contributed by atoms with E-state index in [-0.39, 0.29) is 12.4 Å². The van der Waals surface area contributed by atoms with Crippen molar-refractivity contribution >= 4 is 11.7 Å². The zero-order chi connectivity index (χ0) is 20.4. The van der Waals surface area contributed by atoms with Crippen LogP contribution in [0.2, 0.25) is 0 Å². The van der Waals surface area contributed by atoms with Gasteiger partial charge in [0.2, 0.25) is 0 Å². The molecule has 0 saturated heterocycles. The topological polar surface area (TPSA) is 57.1 Å². The molecule has 2 aromatic carbocycles. The smallest absolute Gasteiger partial charge is 0.309 e. The number of ether oxygens (including phenoxy) is 3. The fraction of sp³-hybridized carbons (Fsp3) is 0.417. The number of benzene rings is 2. The number of fused-ring (bicyclic) bond motifs is 3. The molecule has 0 spiro atoms. The van der Waals surface area contributed by atoms with Crippen molar-refractivity contribution in [3.05, 3.63) is 58.7 Å². The summed E-state index contributed by atoms with van der Waals surface area (Å²) in [5.41, 5.74) is 5.40. The highest BCUT2D eigenvalue weighted by Crippen LogP contribution is 2.44. The molecule has 1 fully saturated rings. The van der Waals surface area contributed by atoms with Crippen molar-refractivity contribution in [2.24, 2.45) is 4.99 Å². The van der Waals surface area contributed by atoms with E-state index in [9.17, 15) is 4.79 Å². The fourth-order valence-corrected chi connectivity index (χ4v) is 4.52. The highest BCUT2D eigenvalue weighted by atomic mass is 16.5. The van der Waals surface area contributed by atoms with Gasteiger partial charge in [-0.2, -0.15) is 0 Å². The Labute approximate surface area is 171 Å². The van der Waals surface area contributed by atoms with Gasteiger partial charge in [0.25, 0.3) is 0 Å². The van der Waals surface area contributed by atoms with E-state index in [1.165, 1.54) is 25.5 Å². The van der Waals surface area contributed by atoms with Gasteiger partial charge in [-0.05, 0) is 36.1 Å². The summed E-state index contributed by atoms with van der Waals surface area (Å²) in [6, 6.07) is 12.5. The Balaban J connectivity index is 1.77. The van der Waals surface area contributed by atoms with Crippen LogP contribution in [0, 0.1) is 0 Å². The zero-order valence-electron chi connectivity index (χ0n) is 17.2.